The Morgan fingerprint density at radius 2 is 1.36 bits per heavy atom. The quantitative estimate of drug-likeness (QED) is 0.356. The summed E-state index contributed by atoms with van der Waals surface area (Å²) in [5.74, 6) is 0. The van der Waals surface area contributed by atoms with E-state index in [4.69, 9.17) is 0 Å². The summed E-state index contributed by atoms with van der Waals surface area (Å²) < 4.78 is 1.48. The molecule has 0 aliphatic heterocycles. The molecule has 0 aliphatic carbocycles. The van der Waals surface area contributed by atoms with Crippen LogP contribution in [0.3, 0.4) is 0 Å². The van der Waals surface area contributed by atoms with Crippen LogP contribution in [-0.2, 0) is 0 Å². The van der Waals surface area contributed by atoms with Crippen molar-refractivity contribution in [1.82, 2.24) is 0 Å². The van der Waals surface area contributed by atoms with E-state index in [-0.39, 0.29) is 26.3 Å². The van der Waals surface area contributed by atoms with Gasteiger partial charge >= 0.3 is 18.9 Å². The maximum absolute atomic E-state index is 2.90. The standard InChI is InChI=1S/C6H9BS.C4H4S.C4H3S.C4H10.C3H9B.CH4.Li/c1-7(2)6-4-3-5-8-6;2*1-2-4-5-3-1;1-3-4-2;1-4(2)3;;/h3-5H,1-2H3;1-4H;1-3H;3-4H2,1-2H3;1-3H3;1H4;/q;;-1;;;;+1. The normalized spacial score (nSPS) is 7.54. The Morgan fingerprint density at radius 3 is 1.50 bits per heavy atom. The number of hydrogen-bond acceptors (Lipinski definition) is 3. The average molecular weight is 428 g/mol. The second-order valence-electron chi connectivity index (χ2n) is 6.43. The van der Waals surface area contributed by atoms with E-state index in [1.165, 1.54) is 17.6 Å². The fourth-order valence-corrected chi connectivity index (χ4v) is 2.63. The molecule has 0 fully saturated rings. The molecule has 0 aliphatic rings. The molecule has 0 amide bonds. The number of unbranched alkanes of at least 4 members (excludes halogenated alkanes) is 1. The van der Waals surface area contributed by atoms with Crippen molar-refractivity contribution in [1.29, 1.82) is 0 Å². The van der Waals surface area contributed by atoms with E-state index in [0.29, 0.717) is 6.71 Å². The molecule has 0 nitrogen and oxygen atoms in total. The zero-order valence-electron chi connectivity index (χ0n) is 18.6. The molecule has 6 heteroatoms. The van der Waals surface area contributed by atoms with Crippen molar-refractivity contribution >= 4 is 52.2 Å². The van der Waals surface area contributed by atoms with E-state index in [1.54, 1.807) is 22.7 Å². The van der Waals surface area contributed by atoms with Gasteiger partial charge in [0.2, 0.25) is 0 Å². The smallest absolute Gasteiger partial charge is 0.304 e. The van der Waals surface area contributed by atoms with Crippen LogP contribution in [-0.4, -0.2) is 13.4 Å². The fourth-order valence-electron chi connectivity index (χ4n) is 1.04. The van der Waals surface area contributed by atoms with Crippen LogP contribution in [0.25, 0.3) is 0 Å². The first-order chi connectivity index (χ1) is 12.5. The molecule has 0 saturated heterocycles. The number of thiophene rings is 3. The second kappa shape index (κ2) is 29.0. The Balaban J connectivity index is -0.000000130. The molecule has 3 aromatic heterocycles. The van der Waals surface area contributed by atoms with Crippen molar-refractivity contribution in [2.75, 3.05) is 0 Å². The molecule has 152 valence electrons. The Kier molecular flexibility index (Phi) is 36.6. The molecule has 0 N–H and O–H groups in total. The van der Waals surface area contributed by atoms with E-state index < -0.39 is 0 Å². The Bertz CT molecular complexity index is 457. The predicted octanol–water partition coefficient (Wildman–Crippen LogP) is 5.82. The van der Waals surface area contributed by atoms with Crippen LogP contribution in [0.15, 0.2) is 57.9 Å². The molecule has 0 radical (unpaired) electrons. The molecular formula is C22H39B2LiS3. The summed E-state index contributed by atoms with van der Waals surface area (Å²) in [6.07, 6.45) is 2.64. The first-order valence-corrected chi connectivity index (χ1v) is 12.1. The van der Waals surface area contributed by atoms with Crippen molar-refractivity contribution in [2.24, 2.45) is 0 Å². The van der Waals surface area contributed by atoms with Gasteiger partial charge in [0.15, 0.2) is 6.71 Å². The fraction of sp³-hybridized carbons (Fsp3) is 0.455. The minimum absolute atomic E-state index is 0. The summed E-state index contributed by atoms with van der Waals surface area (Å²) in [5.41, 5.74) is 0. The van der Waals surface area contributed by atoms with Gasteiger partial charge in [-0.25, -0.2) is 6.07 Å². The van der Waals surface area contributed by atoms with Crippen LogP contribution in [0, 0.1) is 5.38 Å². The first kappa shape index (κ1) is 35.3. The van der Waals surface area contributed by atoms with Crippen molar-refractivity contribution in [3.63, 3.8) is 0 Å². The molecule has 0 aromatic carbocycles. The molecule has 0 atom stereocenters. The van der Waals surface area contributed by atoms with Crippen LogP contribution >= 0.6 is 34.0 Å². The van der Waals surface area contributed by atoms with Gasteiger partial charge in [-0.15, -0.1) is 5.38 Å². The molecule has 3 heterocycles. The third kappa shape index (κ3) is 33.4. The molecule has 0 spiro atoms. The van der Waals surface area contributed by atoms with Crippen molar-refractivity contribution in [3.8, 4) is 0 Å². The predicted molar refractivity (Wildman–Crippen MR) is 140 cm³/mol. The van der Waals surface area contributed by atoms with Crippen LogP contribution in [0.5, 0.6) is 0 Å². The van der Waals surface area contributed by atoms with Crippen molar-refractivity contribution in [3.05, 3.63) is 63.3 Å². The maximum atomic E-state index is 2.90. The third-order valence-corrected chi connectivity index (χ3v) is 4.78. The van der Waals surface area contributed by atoms with Gasteiger partial charge in [-0.2, -0.15) is 34.1 Å². The molecule has 3 aromatic rings. The van der Waals surface area contributed by atoms with E-state index in [0.717, 1.165) is 6.71 Å². The van der Waals surface area contributed by atoms with Gasteiger partial charge in [0.05, 0.1) is 0 Å². The molecule has 0 bridgehead atoms. The second-order valence-corrected chi connectivity index (χ2v) is 8.97. The summed E-state index contributed by atoms with van der Waals surface area (Å²) in [5, 5.41) is 11.1. The molecule has 0 saturated carbocycles. The van der Waals surface area contributed by atoms with Crippen LogP contribution in [0.2, 0.25) is 34.1 Å². The van der Waals surface area contributed by atoms with Gasteiger partial charge in [-0.1, -0.05) is 92.5 Å². The third-order valence-electron chi connectivity index (χ3n) is 2.42. The van der Waals surface area contributed by atoms with Crippen LogP contribution in [0.4, 0.5) is 0 Å². The zero-order valence-corrected chi connectivity index (χ0v) is 21.0. The summed E-state index contributed by atoms with van der Waals surface area (Å²) in [7, 11) is 0. The van der Waals surface area contributed by atoms with Crippen LogP contribution < -0.4 is 23.6 Å². The molecule has 0 unspecified atom stereocenters. The summed E-state index contributed by atoms with van der Waals surface area (Å²) >= 11 is 5.13. The minimum Gasteiger partial charge on any atom is -0.304 e. The Labute approximate surface area is 201 Å². The van der Waals surface area contributed by atoms with Crippen LogP contribution in [0.1, 0.15) is 34.1 Å². The van der Waals surface area contributed by atoms with E-state index in [9.17, 15) is 0 Å². The average Bonchev–Trinajstić information content (AvgIpc) is 3.41. The van der Waals surface area contributed by atoms with E-state index in [2.05, 4.69) is 70.9 Å². The van der Waals surface area contributed by atoms with Gasteiger partial charge in [0.25, 0.3) is 0 Å². The van der Waals surface area contributed by atoms with E-state index in [1.807, 2.05) is 51.7 Å². The van der Waals surface area contributed by atoms with Gasteiger partial charge in [0, 0.05) is 0 Å². The largest absolute Gasteiger partial charge is 1.00 e. The van der Waals surface area contributed by atoms with Crippen molar-refractivity contribution in [2.45, 2.75) is 68.2 Å². The Hall–Kier alpha value is -0.173. The summed E-state index contributed by atoms with van der Waals surface area (Å²) in [6, 6.07) is 12.2. The SMILES string of the molecule is C.CB(C)C.CB(C)c1cccs1.CCCC.[Li+].[c-]1cccs1.c1ccsc1. The van der Waals surface area contributed by atoms with Gasteiger partial charge in [-0.3, -0.25) is 0 Å². The zero-order chi connectivity index (χ0) is 20.0. The number of rotatable bonds is 2. The molecule has 3 rings (SSSR count). The monoisotopic (exact) mass is 428 g/mol. The van der Waals surface area contributed by atoms with Crippen molar-refractivity contribution < 1.29 is 18.9 Å². The first-order valence-electron chi connectivity index (χ1n) is 9.35. The summed E-state index contributed by atoms with van der Waals surface area (Å²) in [6.45, 7) is 16.8. The Morgan fingerprint density at radius 1 is 0.821 bits per heavy atom. The molecule has 28 heavy (non-hydrogen) atoms. The minimum atomic E-state index is 0. The van der Waals surface area contributed by atoms with E-state index >= 15 is 0 Å². The number of hydrogen-bond donors (Lipinski definition) is 0. The van der Waals surface area contributed by atoms with Gasteiger partial charge in [-0.05, 0) is 20.9 Å². The summed E-state index contributed by atoms with van der Waals surface area (Å²) in [4.78, 5) is 0. The van der Waals surface area contributed by atoms with Gasteiger partial charge < -0.3 is 11.3 Å². The maximum Gasteiger partial charge on any atom is 1.00 e. The molecular weight excluding hydrogens is 389 g/mol. The van der Waals surface area contributed by atoms with Gasteiger partial charge in [0.1, 0.15) is 6.71 Å². The topological polar surface area (TPSA) is 0 Å².